The molecule has 4 nitrogen and oxygen atoms in total. The van der Waals surface area contributed by atoms with Gasteiger partial charge in [0.2, 0.25) is 0 Å². The van der Waals surface area contributed by atoms with E-state index in [4.69, 9.17) is 19.3 Å². The van der Waals surface area contributed by atoms with Crippen LogP contribution in [0.25, 0.3) is 0 Å². The lowest BCUT2D eigenvalue weighted by Gasteiger charge is -2.16. The standard InChI is InChI=1S/C6H15O4P/c1-3-9-6(10-4-2)5-11(7)8/h6-8H,3-5H2,1-2H3. The topological polar surface area (TPSA) is 58.9 Å². The van der Waals surface area contributed by atoms with E-state index in [0.29, 0.717) is 13.2 Å². The molecule has 0 aliphatic carbocycles. The number of hydrogen-bond acceptors (Lipinski definition) is 4. The predicted octanol–water partition coefficient (Wildman–Crippen LogP) is 0.682. The van der Waals surface area contributed by atoms with E-state index in [1.807, 2.05) is 13.8 Å². The van der Waals surface area contributed by atoms with Crippen LogP contribution in [0.4, 0.5) is 0 Å². The lowest BCUT2D eigenvalue weighted by Crippen LogP contribution is -2.20. The number of hydrogen-bond donors (Lipinski definition) is 2. The van der Waals surface area contributed by atoms with Crippen molar-refractivity contribution < 1.29 is 19.3 Å². The molecule has 0 saturated carbocycles. The fourth-order valence-corrected chi connectivity index (χ4v) is 1.14. The molecule has 0 rings (SSSR count). The number of ether oxygens (including phenoxy) is 2. The van der Waals surface area contributed by atoms with Gasteiger partial charge in [-0.05, 0) is 13.8 Å². The Balaban J connectivity index is 3.50. The molecule has 68 valence electrons. The van der Waals surface area contributed by atoms with E-state index in [2.05, 4.69) is 0 Å². The van der Waals surface area contributed by atoms with Gasteiger partial charge in [-0.25, -0.2) is 0 Å². The zero-order valence-electron chi connectivity index (χ0n) is 6.86. The van der Waals surface area contributed by atoms with Crippen LogP contribution in [0.1, 0.15) is 13.8 Å². The van der Waals surface area contributed by atoms with Gasteiger partial charge in [0.05, 0.1) is 6.16 Å². The maximum absolute atomic E-state index is 8.64. The minimum atomic E-state index is -1.91. The molecule has 0 aromatic heterocycles. The lowest BCUT2D eigenvalue weighted by atomic mass is 10.7. The van der Waals surface area contributed by atoms with Gasteiger partial charge >= 0.3 is 0 Å². The Morgan fingerprint density at radius 2 is 1.64 bits per heavy atom. The van der Waals surface area contributed by atoms with Crippen molar-refractivity contribution in [2.45, 2.75) is 20.1 Å². The Morgan fingerprint density at radius 3 is 1.91 bits per heavy atom. The first kappa shape index (κ1) is 11.3. The summed E-state index contributed by atoms with van der Waals surface area (Å²) in [6, 6.07) is 0. The minimum absolute atomic E-state index is 0.164. The SMILES string of the molecule is CCOC(CP(O)O)OCC. The normalized spacial score (nSPS) is 11.5. The van der Waals surface area contributed by atoms with E-state index in [1.165, 1.54) is 0 Å². The molecular formula is C6H15O4P. The molecule has 0 amide bonds. The molecule has 0 fully saturated rings. The van der Waals surface area contributed by atoms with Crippen LogP contribution in [0.15, 0.2) is 0 Å². The van der Waals surface area contributed by atoms with Gasteiger partial charge in [-0.3, -0.25) is 0 Å². The summed E-state index contributed by atoms with van der Waals surface area (Å²) in [5.74, 6) is 0. The summed E-state index contributed by atoms with van der Waals surface area (Å²) in [4.78, 5) is 17.3. The van der Waals surface area contributed by atoms with Crippen molar-refractivity contribution in [3.05, 3.63) is 0 Å². The molecule has 0 aliphatic rings. The molecule has 0 aromatic carbocycles. The highest BCUT2D eigenvalue weighted by Crippen LogP contribution is 2.24. The van der Waals surface area contributed by atoms with E-state index in [1.54, 1.807) is 0 Å². The van der Waals surface area contributed by atoms with Crippen LogP contribution in [0.3, 0.4) is 0 Å². The van der Waals surface area contributed by atoms with Gasteiger partial charge < -0.3 is 19.3 Å². The summed E-state index contributed by atoms with van der Waals surface area (Å²) in [6.07, 6.45) is -0.303. The van der Waals surface area contributed by atoms with Gasteiger partial charge in [-0.2, -0.15) is 0 Å². The second-order valence-corrected chi connectivity index (χ2v) is 3.00. The van der Waals surface area contributed by atoms with Gasteiger partial charge in [0.25, 0.3) is 0 Å². The summed E-state index contributed by atoms with van der Waals surface area (Å²) in [5, 5.41) is 0. The van der Waals surface area contributed by atoms with Crippen LogP contribution < -0.4 is 0 Å². The van der Waals surface area contributed by atoms with Crippen molar-refractivity contribution in [1.29, 1.82) is 0 Å². The van der Waals surface area contributed by atoms with Crippen LogP contribution >= 0.6 is 8.38 Å². The largest absolute Gasteiger partial charge is 0.352 e. The fourth-order valence-electron chi connectivity index (χ4n) is 0.659. The van der Waals surface area contributed by atoms with Crippen molar-refractivity contribution in [2.75, 3.05) is 19.4 Å². The second-order valence-electron chi connectivity index (χ2n) is 1.90. The second kappa shape index (κ2) is 6.95. The highest BCUT2D eigenvalue weighted by molar-refractivity contribution is 7.45. The van der Waals surface area contributed by atoms with E-state index < -0.39 is 14.7 Å². The monoisotopic (exact) mass is 182 g/mol. The molecule has 0 aliphatic heterocycles. The Hall–Kier alpha value is 0.270. The van der Waals surface area contributed by atoms with Crippen molar-refractivity contribution >= 4 is 8.38 Å². The van der Waals surface area contributed by atoms with Gasteiger partial charge in [0, 0.05) is 13.2 Å². The Labute approximate surface area is 68.1 Å². The summed E-state index contributed by atoms with van der Waals surface area (Å²) < 4.78 is 10.1. The first-order valence-corrected chi connectivity index (χ1v) is 5.02. The van der Waals surface area contributed by atoms with Gasteiger partial charge in [0.15, 0.2) is 14.7 Å². The maximum atomic E-state index is 8.64. The molecule has 5 heteroatoms. The molecule has 0 bridgehead atoms. The van der Waals surface area contributed by atoms with Crippen molar-refractivity contribution in [3.63, 3.8) is 0 Å². The van der Waals surface area contributed by atoms with Gasteiger partial charge in [0.1, 0.15) is 0 Å². The van der Waals surface area contributed by atoms with Crippen molar-refractivity contribution in [2.24, 2.45) is 0 Å². The fraction of sp³-hybridized carbons (Fsp3) is 1.00. The molecular weight excluding hydrogens is 167 g/mol. The highest BCUT2D eigenvalue weighted by atomic mass is 31.2. The summed E-state index contributed by atoms with van der Waals surface area (Å²) in [6.45, 7) is 4.72. The number of rotatable bonds is 6. The molecule has 0 radical (unpaired) electrons. The van der Waals surface area contributed by atoms with Crippen LogP contribution in [-0.2, 0) is 9.47 Å². The van der Waals surface area contributed by atoms with Crippen LogP contribution in [-0.4, -0.2) is 35.5 Å². The average Bonchev–Trinajstić information content (AvgIpc) is 1.87. The zero-order valence-corrected chi connectivity index (χ0v) is 7.75. The summed E-state index contributed by atoms with van der Waals surface area (Å²) >= 11 is 0. The summed E-state index contributed by atoms with van der Waals surface area (Å²) in [5.41, 5.74) is 0. The lowest BCUT2D eigenvalue weighted by molar-refractivity contribution is -0.121. The third-order valence-electron chi connectivity index (χ3n) is 1.02. The van der Waals surface area contributed by atoms with Crippen molar-refractivity contribution in [3.8, 4) is 0 Å². The van der Waals surface area contributed by atoms with Crippen LogP contribution in [0.5, 0.6) is 0 Å². The summed E-state index contributed by atoms with van der Waals surface area (Å²) in [7, 11) is -1.91. The Morgan fingerprint density at radius 1 is 1.18 bits per heavy atom. The molecule has 0 heterocycles. The smallest absolute Gasteiger partial charge is 0.170 e. The van der Waals surface area contributed by atoms with Crippen LogP contribution in [0, 0.1) is 0 Å². The minimum Gasteiger partial charge on any atom is -0.352 e. The molecule has 0 unspecified atom stereocenters. The first-order chi connectivity index (χ1) is 5.20. The zero-order chi connectivity index (χ0) is 8.69. The van der Waals surface area contributed by atoms with E-state index in [0.717, 1.165) is 0 Å². The molecule has 2 N–H and O–H groups in total. The van der Waals surface area contributed by atoms with E-state index >= 15 is 0 Å². The van der Waals surface area contributed by atoms with Gasteiger partial charge in [-0.15, -0.1) is 0 Å². The molecule has 0 spiro atoms. The Kier molecular flexibility index (Phi) is 7.12. The molecule has 0 atom stereocenters. The van der Waals surface area contributed by atoms with E-state index in [-0.39, 0.29) is 6.16 Å². The molecule has 0 aromatic rings. The predicted molar refractivity (Wildman–Crippen MR) is 43.3 cm³/mol. The quantitative estimate of drug-likeness (QED) is 0.468. The van der Waals surface area contributed by atoms with Crippen LogP contribution in [0.2, 0.25) is 0 Å². The molecule has 11 heavy (non-hydrogen) atoms. The maximum Gasteiger partial charge on any atom is 0.170 e. The van der Waals surface area contributed by atoms with Gasteiger partial charge in [-0.1, -0.05) is 0 Å². The van der Waals surface area contributed by atoms with Crippen molar-refractivity contribution in [1.82, 2.24) is 0 Å². The third-order valence-corrected chi connectivity index (χ3v) is 1.64. The average molecular weight is 182 g/mol. The molecule has 0 saturated heterocycles. The van der Waals surface area contributed by atoms with E-state index in [9.17, 15) is 0 Å². The third kappa shape index (κ3) is 6.66. The first-order valence-electron chi connectivity index (χ1n) is 3.59. The Bertz CT molecular complexity index is 82.7. The highest BCUT2D eigenvalue weighted by Gasteiger charge is 2.12.